The Hall–Kier alpha value is -2.26. The predicted octanol–water partition coefficient (Wildman–Crippen LogP) is 1.16. The molecule has 1 fully saturated rings. The standard InChI is InChI=1S/C16H24N6O3/c1-10(2)12-7-14(20-16(17)18-12)22-4-5-24-11(8-22)6-15-19-13(9-23-3)21-25-15/h7,10-11H,4-6,8-9H2,1-3H3,(H2,17,18,20). The van der Waals surface area contributed by atoms with Gasteiger partial charge in [-0.3, -0.25) is 0 Å². The van der Waals surface area contributed by atoms with Crippen LogP contribution in [0.25, 0.3) is 0 Å². The third-order valence-electron chi connectivity index (χ3n) is 3.99. The van der Waals surface area contributed by atoms with Gasteiger partial charge in [-0.05, 0) is 5.92 Å². The SMILES string of the molecule is COCc1noc(CC2CN(c3cc(C(C)C)nc(N)n3)CCO2)n1. The van der Waals surface area contributed by atoms with E-state index in [-0.39, 0.29) is 6.10 Å². The highest BCUT2D eigenvalue weighted by Crippen LogP contribution is 2.22. The fourth-order valence-corrected chi connectivity index (χ4v) is 2.74. The minimum Gasteiger partial charge on any atom is -0.377 e. The van der Waals surface area contributed by atoms with E-state index in [4.69, 9.17) is 19.7 Å². The molecule has 2 N–H and O–H groups in total. The zero-order valence-electron chi connectivity index (χ0n) is 14.8. The van der Waals surface area contributed by atoms with Gasteiger partial charge in [-0.2, -0.15) is 9.97 Å². The molecule has 9 heteroatoms. The Morgan fingerprint density at radius 3 is 2.96 bits per heavy atom. The molecule has 0 aromatic carbocycles. The van der Waals surface area contributed by atoms with Gasteiger partial charge in [0.15, 0.2) is 5.82 Å². The van der Waals surface area contributed by atoms with Gasteiger partial charge in [-0.1, -0.05) is 19.0 Å². The maximum absolute atomic E-state index is 5.87. The molecule has 1 atom stereocenters. The van der Waals surface area contributed by atoms with Crippen LogP contribution >= 0.6 is 0 Å². The van der Waals surface area contributed by atoms with Crippen LogP contribution in [-0.2, 0) is 22.5 Å². The Morgan fingerprint density at radius 2 is 2.20 bits per heavy atom. The average Bonchev–Trinajstić information content (AvgIpc) is 3.02. The van der Waals surface area contributed by atoms with Crippen LogP contribution in [-0.4, -0.2) is 53.0 Å². The lowest BCUT2D eigenvalue weighted by Gasteiger charge is -2.33. The average molecular weight is 348 g/mol. The van der Waals surface area contributed by atoms with Crippen molar-refractivity contribution in [3.63, 3.8) is 0 Å². The van der Waals surface area contributed by atoms with Crippen molar-refractivity contribution in [3.8, 4) is 0 Å². The molecule has 0 aliphatic carbocycles. The summed E-state index contributed by atoms with van der Waals surface area (Å²) >= 11 is 0. The fourth-order valence-electron chi connectivity index (χ4n) is 2.74. The Bertz CT molecular complexity index is 705. The van der Waals surface area contributed by atoms with Gasteiger partial charge in [0, 0.05) is 26.3 Å². The van der Waals surface area contributed by atoms with Crippen molar-refractivity contribution in [2.45, 2.75) is 38.9 Å². The maximum Gasteiger partial charge on any atom is 0.229 e. The molecule has 0 radical (unpaired) electrons. The molecular formula is C16H24N6O3. The van der Waals surface area contributed by atoms with E-state index < -0.39 is 0 Å². The largest absolute Gasteiger partial charge is 0.377 e. The van der Waals surface area contributed by atoms with Crippen LogP contribution in [0.3, 0.4) is 0 Å². The molecule has 25 heavy (non-hydrogen) atoms. The van der Waals surface area contributed by atoms with E-state index in [1.54, 1.807) is 7.11 Å². The minimum atomic E-state index is -0.0525. The Kier molecular flexibility index (Phi) is 5.44. The second-order valence-corrected chi connectivity index (χ2v) is 6.34. The number of morpholine rings is 1. The van der Waals surface area contributed by atoms with Gasteiger partial charge < -0.3 is 24.6 Å². The van der Waals surface area contributed by atoms with Gasteiger partial charge in [-0.25, -0.2) is 4.98 Å². The highest BCUT2D eigenvalue weighted by atomic mass is 16.5. The molecule has 0 spiro atoms. The van der Waals surface area contributed by atoms with Crippen molar-refractivity contribution in [1.82, 2.24) is 20.1 Å². The summed E-state index contributed by atoms with van der Waals surface area (Å²) in [5, 5.41) is 3.87. The summed E-state index contributed by atoms with van der Waals surface area (Å²) in [4.78, 5) is 15.1. The monoisotopic (exact) mass is 348 g/mol. The van der Waals surface area contributed by atoms with Crippen LogP contribution in [0.2, 0.25) is 0 Å². The summed E-state index contributed by atoms with van der Waals surface area (Å²) in [6.45, 7) is 6.53. The van der Waals surface area contributed by atoms with E-state index in [0.717, 1.165) is 18.1 Å². The number of hydrogen-bond donors (Lipinski definition) is 1. The molecule has 1 aliphatic rings. The molecule has 2 aromatic heterocycles. The van der Waals surface area contributed by atoms with E-state index >= 15 is 0 Å². The molecule has 0 bridgehead atoms. The van der Waals surface area contributed by atoms with Crippen molar-refractivity contribution >= 4 is 11.8 Å². The third kappa shape index (κ3) is 4.43. The van der Waals surface area contributed by atoms with E-state index in [0.29, 0.717) is 49.8 Å². The van der Waals surface area contributed by atoms with Gasteiger partial charge in [0.1, 0.15) is 12.4 Å². The second kappa shape index (κ2) is 7.75. The zero-order valence-corrected chi connectivity index (χ0v) is 14.8. The van der Waals surface area contributed by atoms with E-state index in [1.165, 1.54) is 0 Å². The third-order valence-corrected chi connectivity index (χ3v) is 3.99. The maximum atomic E-state index is 5.87. The number of hydrogen-bond acceptors (Lipinski definition) is 9. The summed E-state index contributed by atoms with van der Waals surface area (Å²) in [6.07, 6.45) is 0.494. The number of ether oxygens (including phenoxy) is 2. The summed E-state index contributed by atoms with van der Waals surface area (Å²) in [5.74, 6) is 2.50. The quantitative estimate of drug-likeness (QED) is 0.821. The van der Waals surface area contributed by atoms with E-state index in [9.17, 15) is 0 Å². The lowest BCUT2D eigenvalue weighted by atomic mass is 10.1. The van der Waals surface area contributed by atoms with Gasteiger partial charge in [0.25, 0.3) is 0 Å². The van der Waals surface area contributed by atoms with Gasteiger partial charge >= 0.3 is 0 Å². The minimum absolute atomic E-state index is 0.0525. The van der Waals surface area contributed by atoms with Gasteiger partial charge in [-0.15, -0.1) is 0 Å². The topological polar surface area (TPSA) is 112 Å². The number of nitrogen functional groups attached to an aromatic ring is 1. The van der Waals surface area contributed by atoms with Crippen molar-refractivity contribution in [2.24, 2.45) is 0 Å². The first kappa shape index (κ1) is 17.6. The summed E-state index contributed by atoms with van der Waals surface area (Å²) in [7, 11) is 1.59. The predicted molar refractivity (Wildman–Crippen MR) is 91.2 cm³/mol. The lowest BCUT2D eigenvalue weighted by molar-refractivity contribution is 0.0359. The number of nitrogens with two attached hydrogens (primary N) is 1. The molecule has 0 amide bonds. The number of nitrogens with zero attached hydrogens (tertiary/aromatic N) is 5. The van der Waals surface area contributed by atoms with Crippen LogP contribution in [0.15, 0.2) is 10.6 Å². The number of aromatic nitrogens is 4. The molecule has 0 saturated carbocycles. The Labute approximate surface area is 146 Å². The van der Waals surface area contributed by atoms with E-state index in [1.807, 2.05) is 6.07 Å². The van der Waals surface area contributed by atoms with Crippen LogP contribution in [0.4, 0.5) is 11.8 Å². The number of rotatable bonds is 6. The second-order valence-electron chi connectivity index (χ2n) is 6.34. The van der Waals surface area contributed by atoms with Crippen LogP contribution in [0, 0.1) is 0 Å². The van der Waals surface area contributed by atoms with Gasteiger partial charge in [0.2, 0.25) is 11.8 Å². The smallest absolute Gasteiger partial charge is 0.229 e. The Morgan fingerprint density at radius 1 is 1.36 bits per heavy atom. The van der Waals surface area contributed by atoms with E-state index in [2.05, 4.69) is 38.9 Å². The highest BCUT2D eigenvalue weighted by Gasteiger charge is 2.25. The van der Waals surface area contributed by atoms with Crippen molar-refractivity contribution in [1.29, 1.82) is 0 Å². The molecule has 9 nitrogen and oxygen atoms in total. The van der Waals surface area contributed by atoms with Crippen LogP contribution < -0.4 is 10.6 Å². The molecule has 136 valence electrons. The Balaban J connectivity index is 1.68. The van der Waals surface area contributed by atoms with Crippen molar-refractivity contribution < 1.29 is 14.0 Å². The molecule has 1 aliphatic heterocycles. The zero-order chi connectivity index (χ0) is 17.8. The summed E-state index contributed by atoms with van der Waals surface area (Å²) < 4.78 is 16.1. The molecule has 3 heterocycles. The normalized spacial score (nSPS) is 18.1. The molecule has 1 saturated heterocycles. The first-order valence-corrected chi connectivity index (χ1v) is 8.36. The molecule has 3 rings (SSSR count). The number of methoxy groups -OCH3 is 1. The van der Waals surface area contributed by atoms with Crippen molar-refractivity contribution in [2.75, 3.05) is 37.4 Å². The van der Waals surface area contributed by atoms with Crippen LogP contribution in [0.1, 0.15) is 37.2 Å². The summed E-state index contributed by atoms with van der Waals surface area (Å²) in [6, 6.07) is 1.99. The van der Waals surface area contributed by atoms with Crippen LogP contribution in [0.5, 0.6) is 0 Å². The van der Waals surface area contributed by atoms with Gasteiger partial charge in [0.05, 0.1) is 24.8 Å². The first-order valence-electron chi connectivity index (χ1n) is 8.36. The van der Waals surface area contributed by atoms with Crippen molar-refractivity contribution in [3.05, 3.63) is 23.5 Å². The molecule has 2 aromatic rings. The number of anilines is 2. The lowest BCUT2D eigenvalue weighted by Crippen LogP contribution is -2.44. The molecular weight excluding hydrogens is 324 g/mol. The summed E-state index contributed by atoms with van der Waals surface area (Å²) in [5.41, 5.74) is 6.80. The molecule has 1 unspecified atom stereocenters. The fraction of sp³-hybridized carbons (Fsp3) is 0.625. The highest BCUT2D eigenvalue weighted by molar-refractivity contribution is 5.44. The first-order chi connectivity index (χ1) is 12.0.